The van der Waals surface area contributed by atoms with Crippen LogP contribution in [0.5, 0.6) is 0 Å². The molecule has 0 bridgehead atoms. The van der Waals surface area contributed by atoms with Crippen molar-refractivity contribution in [2.24, 2.45) is 0 Å². The Kier molecular flexibility index (Phi) is 8.08. The van der Waals surface area contributed by atoms with Gasteiger partial charge in [-0.3, -0.25) is 0 Å². The number of aromatic nitrogens is 2. The van der Waals surface area contributed by atoms with Crippen LogP contribution in [0.25, 0.3) is 16.9 Å². The van der Waals surface area contributed by atoms with Crippen molar-refractivity contribution in [2.75, 3.05) is 7.11 Å². The molecule has 0 saturated heterocycles. The second kappa shape index (κ2) is 10.9. The van der Waals surface area contributed by atoms with Crippen molar-refractivity contribution in [3.8, 4) is 16.9 Å². The number of hydrogen-bond acceptors (Lipinski definition) is 4. The lowest BCUT2D eigenvalue weighted by Crippen LogP contribution is -2.24. The Morgan fingerprint density at radius 3 is 2.26 bits per heavy atom. The SMILES string of the molecule is COCc1c(CNS(=O)(=O)c2cccc(Cl)c2)nn(-c2ccc(Cl)cc2Cl)c1-c1ccc(Cl)cc1. The zero-order chi connectivity index (χ0) is 25.2. The van der Waals surface area contributed by atoms with Crippen molar-refractivity contribution in [1.82, 2.24) is 14.5 Å². The van der Waals surface area contributed by atoms with Crippen LogP contribution in [-0.4, -0.2) is 25.3 Å². The van der Waals surface area contributed by atoms with Gasteiger partial charge in [0.25, 0.3) is 0 Å². The molecule has 1 heterocycles. The van der Waals surface area contributed by atoms with Gasteiger partial charge in [-0.1, -0.05) is 64.6 Å². The lowest BCUT2D eigenvalue weighted by molar-refractivity contribution is 0.184. The van der Waals surface area contributed by atoms with E-state index < -0.39 is 10.0 Å². The second-order valence-electron chi connectivity index (χ2n) is 7.50. The minimum absolute atomic E-state index is 0.0522. The van der Waals surface area contributed by atoms with Gasteiger partial charge in [-0.2, -0.15) is 5.10 Å². The molecule has 0 aliphatic carbocycles. The Bertz CT molecular complexity index is 1470. The number of halogens is 4. The molecule has 3 aromatic carbocycles. The van der Waals surface area contributed by atoms with Crippen LogP contribution in [0.3, 0.4) is 0 Å². The highest BCUT2D eigenvalue weighted by Crippen LogP contribution is 2.34. The van der Waals surface area contributed by atoms with Gasteiger partial charge in [-0.05, 0) is 48.5 Å². The summed E-state index contributed by atoms with van der Waals surface area (Å²) in [7, 11) is -2.30. The number of hydrogen-bond donors (Lipinski definition) is 1. The molecule has 182 valence electrons. The summed E-state index contributed by atoms with van der Waals surface area (Å²) in [4.78, 5) is 0.0522. The van der Waals surface area contributed by atoms with Crippen molar-refractivity contribution in [1.29, 1.82) is 0 Å². The third-order valence-corrected chi connectivity index (χ3v) is 7.57. The average Bonchev–Trinajstić information content (AvgIpc) is 3.16. The molecule has 0 fully saturated rings. The molecular formula is C24H19Cl4N3O3S. The van der Waals surface area contributed by atoms with Gasteiger partial charge in [0.1, 0.15) is 0 Å². The van der Waals surface area contributed by atoms with Crippen molar-refractivity contribution < 1.29 is 13.2 Å². The van der Waals surface area contributed by atoms with Gasteiger partial charge >= 0.3 is 0 Å². The van der Waals surface area contributed by atoms with Crippen molar-refractivity contribution in [3.05, 3.63) is 98.1 Å². The van der Waals surface area contributed by atoms with E-state index in [1.807, 2.05) is 12.1 Å². The predicted octanol–water partition coefficient (Wildman–Crippen LogP) is 6.78. The highest BCUT2D eigenvalue weighted by atomic mass is 35.5. The number of benzene rings is 3. The second-order valence-corrected chi connectivity index (χ2v) is 11.0. The first-order valence-electron chi connectivity index (χ1n) is 10.3. The highest BCUT2D eigenvalue weighted by molar-refractivity contribution is 7.89. The summed E-state index contributed by atoms with van der Waals surface area (Å²) in [6.07, 6.45) is 0. The molecule has 0 aliphatic rings. The molecule has 6 nitrogen and oxygen atoms in total. The third-order valence-electron chi connectivity index (χ3n) is 5.15. The number of nitrogens with zero attached hydrogens (tertiary/aromatic N) is 2. The van der Waals surface area contributed by atoms with Crippen LogP contribution in [0.15, 0.2) is 71.6 Å². The van der Waals surface area contributed by atoms with E-state index in [4.69, 9.17) is 56.2 Å². The molecule has 11 heteroatoms. The number of sulfonamides is 1. The van der Waals surface area contributed by atoms with Crippen LogP contribution in [-0.2, 0) is 27.9 Å². The van der Waals surface area contributed by atoms with Crippen LogP contribution in [0.4, 0.5) is 0 Å². The molecule has 0 aliphatic heterocycles. The van der Waals surface area contributed by atoms with Gasteiger partial charge in [0.2, 0.25) is 10.0 Å². The van der Waals surface area contributed by atoms with E-state index in [-0.39, 0.29) is 18.0 Å². The topological polar surface area (TPSA) is 73.2 Å². The highest BCUT2D eigenvalue weighted by Gasteiger charge is 2.23. The van der Waals surface area contributed by atoms with Crippen LogP contribution in [0.1, 0.15) is 11.3 Å². The zero-order valence-corrected chi connectivity index (χ0v) is 22.1. The van der Waals surface area contributed by atoms with E-state index in [0.717, 1.165) is 5.56 Å². The maximum Gasteiger partial charge on any atom is 0.240 e. The Hall–Kier alpha value is -2.10. The predicted molar refractivity (Wildman–Crippen MR) is 140 cm³/mol. The molecule has 35 heavy (non-hydrogen) atoms. The van der Waals surface area contributed by atoms with Crippen LogP contribution in [0.2, 0.25) is 20.1 Å². The number of methoxy groups -OCH3 is 1. The molecule has 4 rings (SSSR count). The van der Waals surface area contributed by atoms with Crippen LogP contribution < -0.4 is 4.72 Å². The first-order valence-corrected chi connectivity index (χ1v) is 13.3. The van der Waals surface area contributed by atoms with Gasteiger partial charge in [-0.15, -0.1) is 0 Å². The van der Waals surface area contributed by atoms with Gasteiger partial charge < -0.3 is 4.74 Å². The summed E-state index contributed by atoms with van der Waals surface area (Å²) in [6.45, 7) is 0.0870. The molecule has 1 aromatic heterocycles. The smallest absolute Gasteiger partial charge is 0.240 e. The molecule has 1 N–H and O–H groups in total. The maximum atomic E-state index is 12.9. The minimum Gasteiger partial charge on any atom is -0.380 e. The molecule has 0 saturated carbocycles. The van der Waals surface area contributed by atoms with Crippen LogP contribution in [0, 0.1) is 0 Å². The van der Waals surface area contributed by atoms with Gasteiger partial charge in [0.05, 0.1) is 40.1 Å². The summed E-state index contributed by atoms with van der Waals surface area (Å²) in [6, 6.07) is 18.3. The number of nitrogens with one attached hydrogen (secondary N) is 1. The van der Waals surface area contributed by atoms with Gasteiger partial charge in [0, 0.05) is 33.3 Å². The first-order chi connectivity index (χ1) is 16.7. The fourth-order valence-corrected chi connectivity index (χ4v) is 5.45. The minimum atomic E-state index is -3.85. The lowest BCUT2D eigenvalue weighted by Gasteiger charge is -2.12. The normalized spacial score (nSPS) is 11.7. The van der Waals surface area contributed by atoms with E-state index in [9.17, 15) is 8.42 Å². The molecule has 0 atom stereocenters. The summed E-state index contributed by atoms with van der Waals surface area (Å²) in [5, 5.41) is 6.48. The van der Waals surface area contributed by atoms with Gasteiger partial charge in [-0.25, -0.2) is 17.8 Å². The quantitative estimate of drug-likeness (QED) is 0.253. The van der Waals surface area contributed by atoms with E-state index >= 15 is 0 Å². The summed E-state index contributed by atoms with van der Waals surface area (Å²) < 4.78 is 35.5. The molecule has 0 unspecified atom stereocenters. The Morgan fingerprint density at radius 2 is 1.60 bits per heavy atom. The number of rotatable bonds is 8. The molecule has 0 spiro atoms. The Labute approximate surface area is 223 Å². The first kappa shape index (κ1) is 26.0. The van der Waals surface area contributed by atoms with Gasteiger partial charge in [0.15, 0.2) is 0 Å². The van der Waals surface area contributed by atoms with Crippen molar-refractivity contribution in [2.45, 2.75) is 18.0 Å². The molecule has 4 aromatic rings. The van der Waals surface area contributed by atoms with Crippen LogP contribution >= 0.6 is 46.4 Å². The van der Waals surface area contributed by atoms with E-state index in [1.54, 1.807) is 54.3 Å². The standard InChI is InChI=1S/C24H19Cl4N3O3S/c1-34-14-20-22(13-29-35(32,33)19-4-2-3-17(26)11-19)30-31(23-10-9-18(27)12-21(23)28)24(20)15-5-7-16(25)8-6-15/h2-12,29H,13-14H2,1H3. The van der Waals surface area contributed by atoms with Crippen molar-refractivity contribution >= 4 is 56.4 Å². The van der Waals surface area contributed by atoms with E-state index in [1.165, 1.54) is 12.1 Å². The van der Waals surface area contributed by atoms with E-state index in [0.29, 0.717) is 42.7 Å². The van der Waals surface area contributed by atoms with Crippen molar-refractivity contribution in [3.63, 3.8) is 0 Å². The zero-order valence-electron chi connectivity index (χ0n) is 18.3. The Balaban J connectivity index is 1.83. The fraction of sp³-hybridized carbons (Fsp3) is 0.125. The molecule has 0 radical (unpaired) electrons. The maximum absolute atomic E-state index is 12.9. The lowest BCUT2D eigenvalue weighted by atomic mass is 10.1. The van der Waals surface area contributed by atoms with E-state index in [2.05, 4.69) is 4.72 Å². The average molecular weight is 571 g/mol. The third kappa shape index (κ3) is 5.84. The summed E-state index contributed by atoms with van der Waals surface area (Å²) >= 11 is 24.7. The molecule has 0 amide bonds. The largest absolute Gasteiger partial charge is 0.380 e. The fourth-order valence-electron chi connectivity index (χ4n) is 3.55. The summed E-state index contributed by atoms with van der Waals surface area (Å²) in [5.74, 6) is 0. The Morgan fingerprint density at radius 1 is 0.914 bits per heavy atom. The summed E-state index contributed by atoms with van der Waals surface area (Å²) in [5.41, 5.74) is 3.21. The monoisotopic (exact) mass is 569 g/mol. The number of ether oxygens (including phenoxy) is 1. The molecular weight excluding hydrogens is 552 g/mol.